The van der Waals surface area contributed by atoms with Gasteiger partial charge in [0.25, 0.3) is 0 Å². The van der Waals surface area contributed by atoms with Gasteiger partial charge in [0.15, 0.2) is 0 Å². The van der Waals surface area contributed by atoms with Gasteiger partial charge in [-0.1, -0.05) is 25.3 Å². The molecule has 0 aliphatic heterocycles. The molecule has 0 bridgehead atoms. The summed E-state index contributed by atoms with van der Waals surface area (Å²) in [5.41, 5.74) is 5.65. The van der Waals surface area contributed by atoms with Crippen LogP contribution in [0.2, 0.25) is 0 Å². The summed E-state index contributed by atoms with van der Waals surface area (Å²) in [6.45, 7) is 2.68. The highest BCUT2D eigenvalue weighted by Crippen LogP contribution is 2.12. The van der Waals surface area contributed by atoms with Crippen molar-refractivity contribution in [2.45, 2.75) is 32.6 Å². The molecule has 0 aliphatic rings. The molecule has 0 unspecified atom stereocenters. The van der Waals surface area contributed by atoms with Crippen LogP contribution in [-0.2, 0) is 0 Å². The predicted octanol–water partition coefficient (Wildman–Crippen LogP) is 2.75. The first-order valence-corrected chi connectivity index (χ1v) is 6.22. The lowest BCUT2D eigenvalue weighted by atomic mass is 10.2. The van der Waals surface area contributed by atoms with Crippen LogP contribution in [0.25, 0.3) is 0 Å². The number of hydrogen-bond donors (Lipinski definition) is 1. The average Bonchev–Trinajstić information content (AvgIpc) is 2.38. The quantitative estimate of drug-likeness (QED) is 0.619. The van der Waals surface area contributed by atoms with Gasteiger partial charge in [-0.15, -0.1) is 5.92 Å². The van der Waals surface area contributed by atoms with Gasteiger partial charge < -0.3 is 10.5 Å². The standard InChI is InChI=1S/C15H19NO2/c1-2-3-4-5-6-7-11-18-14-10-8-9-13(12-14)15(16)17/h8-10,12H,2-4,7,11H2,1H3,(H2,16,17). The Morgan fingerprint density at radius 2 is 2.11 bits per heavy atom. The van der Waals surface area contributed by atoms with Gasteiger partial charge in [0.2, 0.25) is 5.91 Å². The first-order chi connectivity index (χ1) is 8.74. The third-order valence-electron chi connectivity index (χ3n) is 2.39. The second-order valence-corrected chi connectivity index (χ2v) is 3.95. The minimum absolute atomic E-state index is 0.445. The zero-order valence-electron chi connectivity index (χ0n) is 10.7. The number of hydrogen-bond acceptors (Lipinski definition) is 2. The monoisotopic (exact) mass is 245 g/mol. The third-order valence-corrected chi connectivity index (χ3v) is 2.39. The van der Waals surface area contributed by atoms with Crippen LogP contribution in [0.3, 0.4) is 0 Å². The normalized spacial score (nSPS) is 9.39. The summed E-state index contributed by atoms with van der Waals surface area (Å²) in [5.74, 6) is 6.37. The van der Waals surface area contributed by atoms with Crippen molar-refractivity contribution in [3.63, 3.8) is 0 Å². The molecule has 0 saturated heterocycles. The molecule has 1 rings (SSSR count). The Labute approximate surface area is 108 Å². The molecule has 3 heteroatoms. The molecule has 96 valence electrons. The van der Waals surface area contributed by atoms with E-state index in [1.807, 2.05) is 0 Å². The number of rotatable bonds is 6. The molecule has 1 amide bonds. The summed E-state index contributed by atoms with van der Waals surface area (Å²) in [6.07, 6.45) is 3.97. The van der Waals surface area contributed by atoms with Crippen LogP contribution >= 0.6 is 0 Å². The summed E-state index contributed by atoms with van der Waals surface area (Å²) < 4.78 is 5.49. The maximum absolute atomic E-state index is 11.0. The highest BCUT2D eigenvalue weighted by Gasteiger charge is 2.01. The fourth-order valence-corrected chi connectivity index (χ4v) is 1.40. The smallest absolute Gasteiger partial charge is 0.248 e. The van der Waals surface area contributed by atoms with Crippen molar-refractivity contribution in [1.82, 2.24) is 0 Å². The van der Waals surface area contributed by atoms with E-state index in [0.717, 1.165) is 12.8 Å². The van der Waals surface area contributed by atoms with Gasteiger partial charge in [0, 0.05) is 18.4 Å². The SMILES string of the molecule is CCCCC#CCCOc1cccc(C(N)=O)c1. The van der Waals surface area contributed by atoms with Gasteiger partial charge in [0.1, 0.15) is 5.75 Å². The molecule has 18 heavy (non-hydrogen) atoms. The molecule has 0 aliphatic carbocycles. The number of primary amides is 1. The van der Waals surface area contributed by atoms with Gasteiger partial charge in [-0.2, -0.15) is 0 Å². The summed E-state index contributed by atoms with van der Waals surface area (Å²) in [7, 11) is 0. The second-order valence-electron chi connectivity index (χ2n) is 3.95. The molecule has 1 aromatic carbocycles. The van der Waals surface area contributed by atoms with Gasteiger partial charge in [-0.05, 0) is 24.6 Å². The van der Waals surface area contributed by atoms with Crippen molar-refractivity contribution >= 4 is 5.91 Å². The number of nitrogens with two attached hydrogens (primary N) is 1. The van der Waals surface area contributed by atoms with Crippen LogP contribution in [0.5, 0.6) is 5.75 Å². The van der Waals surface area contributed by atoms with Crippen LogP contribution in [0.4, 0.5) is 0 Å². The van der Waals surface area contributed by atoms with E-state index in [2.05, 4.69) is 18.8 Å². The minimum Gasteiger partial charge on any atom is -0.493 e. The van der Waals surface area contributed by atoms with Gasteiger partial charge >= 0.3 is 0 Å². The Hall–Kier alpha value is -1.95. The van der Waals surface area contributed by atoms with Crippen molar-refractivity contribution in [3.8, 4) is 17.6 Å². The first kappa shape index (κ1) is 14.1. The molecule has 0 atom stereocenters. The fourth-order valence-electron chi connectivity index (χ4n) is 1.40. The minimum atomic E-state index is -0.445. The summed E-state index contributed by atoms with van der Waals surface area (Å²) in [6, 6.07) is 6.87. The lowest BCUT2D eigenvalue weighted by Gasteiger charge is -2.04. The lowest BCUT2D eigenvalue weighted by molar-refractivity contribution is 0.1000. The Morgan fingerprint density at radius 3 is 2.83 bits per heavy atom. The van der Waals surface area contributed by atoms with Crippen molar-refractivity contribution in [2.75, 3.05) is 6.61 Å². The molecule has 0 spiro atoms. The first-order valence-electron chi connectivity index (χ1n) is 6.22. The molecule has 0 fully saturated rings. The van der Waals surface area contributed by atoms with Crippen molar-refractivity contribution in [1.29, 1.82) is 0 Å². The van der Waals surface area contributed by atoms with Crippen LogP contribution in [0.15, 0.2) is 24.3 Å². The van der Waals surface area contributed by atoms with Gasteiger partial charge in [-0.3, -0.25) is 4.79 Å². The van der Waals surface area contributed by atoms with Crippen molar-refractivity contribution < 1.29 is 9.53 Å². The maximum atomic E-state index is 11.0. The Kier molecular flexibility index (Phi) is 6.42. The Balaban J connectivity index is 2.32. The second kappa shape index (κ2) is 8.19. The summed E-state index contributed by atoms with van der Waals surface area (Å²) >= 11 is 0. The lowest BCUT2D eigenvalue weighted by Crippen LogP contribution is -2.10. The van der Waals surface area contributed by atoms with Gasteiger partial charge in [0.05, 0.1) is 6.61 Å². The zero-order valence-corrected chi connectivity index (χ0v) is 10.7. The molecule has 0 aromatic heterocycles. The van der Waals surface area contributed by atoms with E-state index in [4.69, 9.17) is 10.5 Å². The average molecular weight is 245 g/mol. The van der Waals surface area contributed by atoms with E-state index < -0.39 is 5.91 Å². The number of unbranched alkanes of at least 4 members (excludes halogenated alkanes) is 2. The van der Waals surface area contributed by atoms with Crippen molar-refractivity contribution in [2.24, 2.45) is 5.73 Å². The molecule has 0 saturated carbocycles. The molecular weight excluding hydrogens is 226 g/mol. The van der Waals surface area contributed by atoms with E-state index in [9.17, 15) is 4.79 Å². The van der Waals surface area contributed by atoms with E-state index in [1.54, 1.807) is 24.3 Å². The highest BCUT2D eigenvalue weighted by molar-refractivity contribution is 5.93. The molecule has 0 heterocycles. The molecule has 2 N–H and O–H groups in total. The number of ether oxygens (including phenoxy) is 1. The van der Waals surface area contributed by atoms with E-state index >= 15 is 0 Å². The fraction of sp³-hybridized carbons (Fsp3) is 0.400. The zero-order chi connectivity index (χ0) is 13.2. The number of amides is 1. The Bertz CT molecular complexity index is 443. The third kappa shape index (κ3) is 5.40. The number of carbonyl (C=O) groups is 1. The summed E-state index contributed by atoms with van der Waals surface area (Å²) in [5, 5.41) is 0. The van der Waals surface area contributed by atoms with Gasteiger partial charge in [-0.25, -0.2) is 0 Å². The topological polar surface area (TPSA) is 52.3 Å². The van der Waals surface area contributed by atoms with Crippen LogP contribution in [0.1, 0.15) is 43.0 Å². The largest absolute Gasteiger partial charge is 0.493 e. The van der Waals surface area contributed by atoms with E-state index in [-0.39, 0.29) is 0 Å². The Morgan fingerprint density at radius 1 is 1.33 bits per heavy atom. The van der Waals surface area contributed by atoms with E-state index in [0.29, 0.717) is 24.3 Å². The highest BCUT2D eigenvalue weighted by atomic mass is 16.5. The van der Waals surface area contributed by atoms with Crippen LogP contribution < -0.4 is 10.5 Å². The van der Waals surface area contributed by atoms with Crippen molar-refractivity contribution in [3.05, 3.63) is 29.8 Å². The maximum Gasteiger partial charge on any atom is 0.248 e. The van der Waals surface area contributed by atoms with Crippen LogP contribution in [-0.4, -0.2) is 12.5 Å². The predicted molar refractivity (Wildman–Crippen MR) is 72.4 cm³/mol. The number of benzene rings is 1. The molecular formula is C15H19NO2. The summed E-state index contributed by atoms with van der Waals surface area (Å²) in [4.78, 5) is 11.0. The number of carbonyl (C=O) groups excluding carboxylic acids is 1. The molecule has 0 radical (unpaired) electrons. The van der Waals surface area contributed by atoms with Crippen LogP contribution in [0, 0.1) is 11.8 Å². The molecule has 3 nitrogen and oxygen atoms in total. The molecule has 1 aromatic rings. The van der Waals surface area contributed by atoms with E-state index in [1.165, 1.54) is 6.42 Å².